The molecule has 0 aliphatic heterocycles. The highest BCUT2D eigenvalue weighted by molar-refractivity contribution is 7.96. The van der Waals surface area contributed by atoms with Gasteiger partial charge in [-0.3, -0.25) is 9.59 Å². The molecule has 0 amide bonds. The first-order valence-electron chi connectivity index (χ1n) is 10.3. The Morgan fingerprint density at radius 3 is 2.59 bits per heavy atom. The highest BCUT2D eigenvalue weighted by Gasteiger charge is 2.75. The van der Waals surface area contributed by atoms with Crippen molar-refractivity contribution in [3.63, 3.8) is 0 Å². The Balaban J connectivity index is 1.86. The Morgan fingerprint density at radius 2 is 2.00 bits per heavy atom. The van der Waals surface area contributed by atoms with Crippen LogP contribution in [0.4, 0.5) is 4.39 Å². The minimum Gasteiger partial charge on any atom is -0.515 e. The first kappa shape index (κ1) is 21.1. The smallest absolute Gasteiger partial charge is 0.218 e. The maximum atomic E-state index is 17.1. The van der Waals surface area contributed by atoms with Crippen LogP contribution >= 0.6 is 12.6 Å². The maximum absolute atomic E-state index is 17.1. The molecule has 0 aromatic rings. The van der Waals surface area contributed by atoms with E-state index in [1.165, 1.54) is 6.08 Å². The number of rotatable bonds is 1. The summed E-state index contributed by atoms with van der Waals surface area (Å²) in [5.74, 6) is -1.59. The van der Waals surface area contributed by atoms with Gasteiger partial charge >= 0.3 is 0 Å². The van der Waals surface area contributed by atoms with Crippen LogP contribution in [0.25, 0.3) is 0 Å². The van der Waals surface area contributed by atoms with Crippen molar-refractivity contribution in [2.75, 3.05) is 0 Å². The van der Waals surface area contributed by atoms with E-state index in [0.717, 1.165) is 6.26 Å². The van der Waals surface area contributed by atoms with E-state index in [-0.39, 0.29) is 30.1 Å². The van der Waals surface area contributed by atoms with Gasteiger partial charge in [0.25, 0.3) is 0 Å². The quantitative estimate of drug-likeness (QED) is 0.295. The fourth-order valence-electron chi connectivity index (χ4n) is 7.45. The number of allylic oxidation sites excluding steroid dienone is 2. The number of aliphatic hydroxyl groups is 3. The normalized spacial score (nSPS) is 53.1. The van der Waals surface area contributed by atoms with Crippen molar-refractivity contribution in [1.82, 2.24) is 0 Å². The average molecular weight is 425 g/mol. The Kier molecular flexibility index (Phi) is 4.48. The molecule has 0 heterocycles. The third kappa shape index (κ3) is 2.24. The van der Waals surface area contributed by atoms with E-state index >= 15 is 4.39 Å². The molecule has 0 saturated heterocycles. The molecule has 0 unspecified atom stereocenters. The summed E-state index contributed by atoms with van der Waals surface area (Å²) >= 11 is 3.96. The van der Waals surface area contributed by atoms with E-state index in [4.69, 9.17) is 0 Å². The molecular weight excluding hydrogens is 395 g/mol. The molecule has 0 aromatic heterocycles. The van der Waals surface area contributed by atoms with E-state index < -0.39 is 45.2 Å². The van der Waals surface area contributed by atoms with Gasteiger partial charge in [-0.05, 0) is 50.0 Å². The second-order valence-corrected chi connectivity index (χ2v) is 10.5. The Bertz CT molecular complexity index is 854. The molecule has 4 aliphatic rings. The highest BCUT2D eigenvalue weighted by Crippen LogP contribution is 2.71. The Morgan fingerprint density at radius 1 is 1.34 bits per heavy atom. The van der Waals surface area contributed by atoms with Gasteiger partial charge in [0.2, 0.25) is 5.12 Å². The minimum absolute atomic E-state index is 0.0208. The van der Waals surface area contributed by atoms with Crippen LogP contribution in [0.5, 0.6) is 0 Å². The molecule has 0 radical (unpaired) electrons. The van der Waals surface area contributed by atoms with Gasteiger partial charge in [0.15, 0.2) is 5.78 Å². The topological polar surface area (TPSA) is 94.8 Å². The van der Waals surface area contributed by atoms with Crippen molar-refractivity contribution in [1.29, 1.82) is 0 Å². The van der Waals surface area contributed by atoms with E-state index in [0.29, 0.717) is 24.8 Å². The van der Waals surface area contributed by atoms with Gasteiger partial charge in [0, 0.05) is 22.3 Å². The van der Waals surface area contributed by atoms with Gasteiger partial charge in [-0.25, -0.2) is 4.39 Å². The average Bonchev–Trinajstić information content (AvgIpc) is 2.85. The molecule has 8 atom stereocenters. The predicted molar refractivity (Wildman–Crippen MR) is 108 cm³/mol. The van der Waals surface area contributed by atoms with Crippen molar-refractivity contribution in [2.45, 2.75) is 70.2 Å². The summed E-state index contributed by atoms with van der Waals surface area (Å²) in [7, 11) is 0. The van der Waals surface area contributed by atoms with Crippen LogP contribution in [0, 0.1) is 28.6 Å². The van der Waals surface area contributed by atoms with Gasteiger partial charge in [-0.1, -0.05) is 26.3 Å². The number of alkyl halides is 1. The zero-order valence-corrected chi connectivity index (χ0v) is 17.9. The Hall–Kier alpha value is -1.18. The molecule has 0 aromatic carbocycles. The van der Waals surface area contributed by atoms with E-state index in [1.807, 2.05) is 0 Å². The lowest BCUT2D eigenvalue weighted by Crippen LogP contribution is -2.69. The van der Waals surface area contributed by atoms with E-state index in [2.05, 4.69) is 12.6 Å². The van der Waals surface area contributed by atoms with Gasteiger partial charge in [0.1, 0.15) is 11.3 Å². The monoisotopic (exact) mass is 424 g/mol. The van der Waals surface area contributed by atoms with Crippen LogP contribution in [0.2, 0.25) is 0 Å². The summed E-state index contributed by atoms with van der Waals surface area (Å²) in [6.45, 7) is 5.28. The number of aliphatic hydroxyl groups excluding tert-OH is 2. The molecule has 29 heavy (non-hydrogen) atoms. The molecule has 5 nitrogen and oxygen atoms in total. The van der Waals surface area contributed by atoms with Crippen molar-refractivity contribution in [3.05, 3.63) is 23.5 Å². The molecule has 4 rings (SSSR count). The number of thiol groups is 1. The Labute approximate surface area is 175 Å². The second-order valence-electron chi connectivity index (χ2n) is 10.1. The van der Waals surface area contributed by atoms with Crippen LogP contribution in [0.15, 0.2) is 23.5 Å². The largest absolute Gasteiger partial charge is 0.515 e. The second kappa shape index (κ2) is 6.17. The molecule has 7 heteroatoms. The van der Waals surface area contributed by atoms with E-state index in [9.17, 15) is 24.9 Å². The standard InChI is InChI=1S/C22H29FO5S/c1-11-6-15-14-5-4-13-7-16(25)12(10-24)8-19(13,2)21(14,23)17(26)9-20(15,3)22(11,28)18(27)29/h7,10-11,14-15,17,24,26,28H,4-6,8-9H2,1-3H3,(H,27,29)/b12-10-/t11-,14+,15+,17+,19+,20+,21+,22+/m1/s1. The number of hydrogen-bond donors (Lipinski definition) is 4. The van der Waals surface area contributed by atoms with Crippen molar-refractivity contribution in [2.24, 2.45) is 28.6 Å². The lowest BCUT2D eigenvalue weighted by atomic mass is 9.43. The molecule has 0 bridgehead atoms. The minimum atomic E-state index is -2.03. The molecular formula is C22H29FO5S. The van der Waals surface area contributed by atoms with Crippen LogP contribution in [-0.2, 0) is 9.59 Å². The summed E-state index contributed by atoms with van der Waals surface area (Å²) in [5, 5.41) is 31.4. The van der Waals surface area contributed by atoms with Gasteiger partial charge in [-0.2, -0.15) is 0 Å². The maximum Gasteiger partial charge on any atom is 0.218 e. The molecule has 3 saturated carbocycles. The zero-order chi connectivity index (χ0) is 21.6. The SMILES string of the molecule is C[C@@H]1C[C@H]2[C@@H]3CCC4=CC(=O)/C(=C\O)C[C@]4(C)[C@@]3(F)[C@@H](O)C[C@]2(C)[C@@]1(O)C(=O)S. The fourth-order valence-corrected chi connectivity index (χ4v) is 7.92. The van der Waals surface area contributed by atoms with Crippen molar-refractivity contribution in [3.8, 4) is 0 Å². The third-order valence-electron chi connectivity index (χ3n) is 9.06. The first-order chi connectivity index (χ1) is 13.4. The highest BCUT2D eigenvalue weighted by atomic mass is 32.1. The predicted octanol–water partition coefficient (Wildman–Crippen LogP) is 3.07. The van der Waals surface area contributed by atoms with Gasteiger partial charge in [0.05, 0.1) is 12.4 Å². The molecule has 3 N–H and O–H groups in total. The molecule has 0 spiro atoms. The van der Waals surface area contributed by atoms with Crippen molar-refractivity contribution >= 4 is 23.5 Å². The molecule has 160 valence electrons. The summed E-state index contributed by atoms with van der Waals surface area (Å²) < 4.78 is 17.1. The summed E-state index contributed by atoms with van der Waals surface area (Å²) in [6.07, 6.45) is 2.11. The summed E-state index contributed by atoms with van der Waals surface area (Å²) in [4.78, 5) is 24.6. The first-order valence-corrected chi connectivity index (χ1v) is 10.7. The third-order valence-corrected chi connectivity index (χ3v) is 9.41. The van der Waals surface area contributed by atoms with Gasteiger partial charge in [-0.15, -0.1) is 12.6 Å². The fraction of sp³-hybridized carbons (Fsp3) is 0.727. The number of carbonyl (C=O) groups is 2. The van der Waals surface area contributed by atoms with Crippen LogP contribution in [0.3, 0.4) is 0 Å². The summed E-state index contributed by atoms with van der Waals surface area (Å²) in [5.41, 5.74) is -5.06. The van der Waals surface area contributed by atoms with Crippen LogP contribution in [0.1, 0.15) is 52.9 Å². The van der Waals surface area contributed by atoms with Gasteiger partial charge < -0.3 is 15.3 Å². The zero-order valence-electron chi connectivity index (χ0n) is 17.0. The lowest BCUT2D eigenvalue weighted by Gasteiger charge is -2.63. The number of hydrogen-bond acceptors (Lipinski definition) is 5. The lowest BCUT2D eigenvalue weighted by molar-refractivity contribution is -0.224. The van der Waals surface area contributed by atoms with Crippen LogP contribution in [-0.4, -0.2) is 43.6 Å². The van der Waals surface area contributed by atoms with E-state index in [1.54, 1.807) is 20.8 Å². The molecule has 3 fully saturated rings. The summed E-state index contributed by atoms with van der Waals surface area (Å²) in [6, 6.07) is 0. The van der Waals surface area contributed by atoms with Crippen LogP contribution < -0.4 is 0 Å². The number of ketones is 1. The number of carbonyl (C=O) groups excluding carboxylic acids is 2. The number of fused-ring (bicyclic) bond motifs is 5. The van der Waals surface area contributed by atoms with Crippen molar-refractivity contribution < 1.29 is 29.3 Å². The molecule has 4 aliphatic carbocycles. The number of halogens is 1.